The molecule has 0 saturated heterocycles. The summed E-state index contributed by atoms with van der Waals surface area (Å²) in [4.78, 5) is 11.8. The Morgan fingerprint density at radius 1 is 1.28 bits per heavy atom. The van der Waals surface area contributed by atoms with Crippen molar-refractivity contribution in [3.05, 3.63) is 35.9 Å². The van der Waals surface area contributed by atoms with Crippen LogP contribution in [0.5, 0.6) is 0 Å². The molecule has 0 radical (unpaired) electrons. The minimum absolute atomic E-state index is 0.0182. The number of benzene rings is 1. The van der Waals surface area contributed by atoms with Crippen molar-refractivity contribution in [3.8, 4) is 0 Å². The van der Waals surface area contributed by atoms with Crippen LogP contribution >= 0.6 is 0 Å². The molecule has 0 heterocycles. The molecule has 1 aromatic rings. The van der Waals surface area contributed by atoms with Crippen LogP contribution in [0.25, 0.3) is 0 Å². The maximum Gasteiger partial charge on any atom is 0.237 e. The van der Waals surface area contributed by atoms with E-state index in [1.165, 1.54) is 0 Å². The van der Waals surface area contributed by atoms with E-state index in [1.807, 2.05) is 30.3 Å². The van der Waals surface area contributed by atoms with Gasteiger partial charge in [0.2, 0.25) is 5.91 Å². The summed E-state index contributed by atoms with van der Waals surface area (Å²) in [5, 5.41) is 3.03. The van der Waals surface area contributed by atoms with E-state index in [2.05, 4.69) is 26.1 Å². The Hall–Kier alpha value is -1.35. The average Bonchev–Trinajstić information content (AvgIpc) is 2.27. The third-order valence-corrected chi connectivity index (χ3v) is 2.75. The van der Waals surface area contributed by atoms with Gasteiger partial charge in [-0.1, -0.05) is 51.1 Å². The molecule has 0 aromatic heterocycles. The van der Waals surface area contributed by atoms with Crippen molar-refractivity contribution >= 4 is 5.91 Å². The molecule has 0 aliphatic rings. The molecular weight excluding hydrogens is 224 g/mol. The van der Waals surface area contributed by atoms with Crippen LogP contribution in [0.3, 0.4) is 0 Å². The summed E-state index contributed by atoms with van der Waals surface area (Å²) >= 11 is 0. The summed E-state index contributed by atoms with van der Waals surface area (Å²) in [5.74, 6) is -0.104. The van der Waals surface area contributed by atoms with E-state index in [9.17, 15) is 4.79 Å². The number of nitrogens with one attached hydrogen (secondary N) is 1. The highest BCUT2D eigenvalue weighted by Crippen LogP contribution is 2.29. The highest BCUT2D eigenvalue weighted by Gasteiger charge is 2.22. The first-order valence-corrected chi connectivity index (χ1v) is 6.40. The zero-order valence-corrected chi connectivity index (χ0v) is 11.7. The fourth-order valence-corrected chi connectivity index (χ4v) is 1.85. The maximum absolute atomic E-state index is 11.8. The second-order valence-electron chi connectivity index (χ2n) is 6.03. The third-order valence-electron chi connectivity index (χ3n) is 2.75. The molecule has 1 amide bonds. The van der Waals surface area contributed by atoms with Crippen molar-refractivity contribution < 1.29 is 4.79 Å². The number of carbonyl (C=O) groups excluding carboxylic acids is 1. The van der Waals surface area contributed by atoms with E-state index < -0.39 is 6.04 Å². The van der Waals surface area contributed by atoms with E-state index in [0.717, 1.165) is 12.0 Å². The zero-order valence-electron chi connectivity index (χ0n) is 11.7. The minimum Gasteiger partial charge on any atom is -0.348 e. The van der Waals surface area contributed by atoms with Gasteiger partial charge in [0.05, 0.1) is 12.1 Å². The van der Waals surface area contributed by atoms with Gasteiger partial charge in [-0.2, -0.15) is 0 Å². The molecule has 0 bridgehead atoms. The summed E-state index contributed by atoms with van der Waals surface area (Å²) in [6.07, 6.45) is 0.884. The molecule has 0 aliphatic carbocycles. The predicted molar refractivity (Wildman–Crippen MR) is 75.0 cm³/mol. The predicted octanol–water partition coefficient (Wildman–Crippen LogP) is 2.63. The van der Waals surface area contributed by atoms with E-state index >= 15 is 0 Å². The van der Waals surface area contributed by atoms with Gasteiger partial charge in [0.1, 0.15) is 0 Å². The normalized spacial score (nSPS) is 14.9. The minimum atomic E-state index is -0.476. The van der Waals surface area contributed by atoms with Gasteiger partial charge in [-0.3, -0.25) is 4.79 Å². The topological polar surface area (TPSA) is 55.1 Å². The number of amides is 1. The zero-order chi connectivity index (χ0) is 13.8. The number of hydrogen-bond acceptors (Lipinski definition) is 2. The van der Waals surface area contributed by atoms with Crippen LogP contribution in [0.2, 0.25) is 0 Å². The van der Waals surface area contributed by atoms with E-state index in [-0.39, 0.29) is 17.4 Å². The molecule has 2 atom stereocenters. The van der Waals surface area contributed by atoms with Gasteiger partial charge in [0, 0.05) is 0 Å². The van der Waals surface area contributed by atoms with E-state index in [0.29, 0.717) is 0 Å². The molecule has 3 N–H and O–H groups in total. The van der Waals surface area contributed by atoms with Crippen LogP contribution in [-0.2, 0) is 4.79 Å². The van der Waals surface area contributed by atoms with Crippen molar-refractivity contribution in [2.45, 2.75) is 46.2 Å². The molecule has 0 aliphatic heterocycles. The lowest BCUT2D eigenvalue weighted by Gasteiger charge is -2.27. The number of nitrogens with two attached hydrogens (primary N) is 1. The summed E-state index contributed by atoms with van der Waals surface area (Å²) in [6, 6.07) is 9.58. The number of hydrogen-bond donors (Lipinski definition) is 2. The van der Waals surface area contributed by atoms with Crippen LogP contribution in [-0.4, -0.2) is 11.9 Å². The maximum atomic E-state index is 11.8. The monoisotopic (exact) mass is 248 g/mol. The highest BCUT2D eigenvalue weighted by atomic mass is 16.2. The summed E-state index contributed by atoms with van der Waals surface area (Å²) < 4.78 is 0. The first-order chi connectivity index (χ1) is 8.29. The van der Waals surface area contributed by atoms with Gasteiger partial charge in [0.15, 0.2) is 0 Å². The smallest absolute Gasteiger partial charge is 0.237 e. The Balaban J connectivity index is 2.86. The van der Waals surface area contributed by atoms with Crippen LogP contribution in [0.1, 0.15) is 45.7 Å². The van der Waals surface area contributed by atoms with Gasteiger partial charge >= 0.3 is 0 Å². The van der Waals surface area contributed by atoms with Gasteiger partial charge in [-0.25, -0.2) is 0 Å². The number of rotatable bonds is 4. The molecule has 3 heteroatoms. The lowest BCUT2D eigenvalue weighted by molar-refractivity contribution is -0.122. The third kappa shape index (κ3) is 4.88. The first-order valence-electron chi connectivity index (χ1n) is 6.40. The van der Waals surface area contributed by atoms with Gasteiger partial charge < -0.3 is 11.1 Å². The summed E-state index contributed by atoms with van der Waals surface area (Å²) in [5.41, 5.74) is 6.88. The van der Waals surface area contributed by atoms with Crippen molar-refractivity contribution in [2.75, 3.05) is 0 Å². The van der Waals surface area contributed by atoms with Crippen molar-refractivity contribution in [3.63, 3.8) is 0 Å². The molecule has 18 heavy (non-hydrogen) atoms. The quantitative estimate of drug-likeness (QED) is 0.860. The highest BCUT2D eigenvalue weighted by molar-refractivity contribution is 5.81. The van der Waals surface area contributed by atoms with Crippen molar-refractivity contribution in [2.24, 2.45) is 11.1 Å². The van der Waals surface area contributed by atoms with Crippen LogP contribution in [0.15, 0.2) is 30.3 Å². The second kappa shape index (κ2) is 6.01. The summed E-state index contributed by atoms with van der Waals surface area (Å²) in [7, 11) is 0. The largest absolute Gasteiger partial charge is 0.348 e. The molecular formula is C15H24N2O. The van der Waals surface area contributed by atoms with Gasteiger partial charge in [-0.05, 0) is 24.3 Å². The molecule has 0 spiro atoms. The van der Waals surface area contributed by atoms with Gasteiger partial charge in [0.25, 0.3) is 0 Å². The molecule has 0 fully saturated rings. The average molecular weight is 248 g/mol. The van der Waals surface area contributed by atoms with Crippen molar-refractivity contribution in [1.82, 2.24) is 5.32 Å². The Labute approximate surface area is 110 Å². The first kappa shape index (κ1) is 14.7. The van der Waals surface area contributed by atoms with E-state index in [4.69, 9.17) is 5.73 Å². The SMILES string of the molecule is CC(N)C(=O)NC(CC(C)(C)C)c1ccccc1. The van der Waals surface area contributed by atoms with Crippen molar-refractivity contribution in [1.29, 1.82) is 0 Å². The summed E-state index contributed by atoms with van der Waals surface area (Å²) in [6.45, 7) is 8.21. The second-order valence-corrected chi connectivity index (χ2v) is 6.03. The lowest BCUT2D eigenvalue weighted by Crippen LogP contribution is -2.41. The Morgan fingerprint density at radius 2 is 1.83 bits per heavy atom. The van der Waals surface area contributed by atoms with Crippen LogP contribution in [0, 0.1) is 5.41 Å². The molecule has 1 aromatic carbocycles. The molecule has 2 unspecified atom stereocenters. The molecule has 0 saturated carbocycles. The standard InChI is InChI=1S/C15H24N2O/c1-11(16)14(18)17-13(10-15(2,3)4)12-8-6-5-7-9-12/h5-9,11,13H,10,16H2,1-4H3,(H,17,18). The number of carbonyl (C=O) groups is 1. The molecule has 100 valence electrons. The Kier molecular flexibility index (Phi) is 4.91. The van der Waals surface area contributed by atoms with Gasteiger partial charge in [-0.15, -0.1) is 0 Å². The fraction of sp³-hybridized carbons (Fsp3) is 0.533. The molecule has 1 rings (SSSR count). The Morgan fingerprint density at radius 3 is 2.28 bits per heavy atom. The van der Waals surface area contributed by atoms with Crippen LogP contribution in [0.4, 0.5) is 0 Å². The Bertz CT molecular complexity index is 379. The van der Waals surface area contributed by atoms with E-state index in [1.54, 1.807) is 6.92 Å². The van der Waals surface area contributed by atoms with Crippen LogP contribution < -0.4 is 11.1 Å². The fourth-order valence-electron chi connectivity index (χ4n) is 1.85. The molecule has 3 nitrogen and oxygen atoms in total. The lowest BCUT2D eigenvalue weighted by atomic mass is 9.85.